The average molecular weight is 364 g/mol. The summed E-state index contributed by atoms with van der Waals surface area (Å²) in [5.41, 5.74) is 10.1. The highest BCUT2D eigenvalue weighted by molar-refractivity contribution is 14.1. The molecule has 2 N–H and O–H groups in total. The Morgan fingerprint density at radius 2 is 2.11 bits per heavy atom. The first kappa shape index (κ1) is 12.4. The number of nitrogens with zero attached hydrogens (tertiary/aromatic N) is 3. The monoisotopic (exact) mass is 364 g/mol. The number of halogens is 1. The lowest BCUT2D eigenvalue weighted by molar-refractivity contribution is 0.831. The highest BCUT2D eigenvalue weighted by Gasteiger charge is 2.08. The number of aromatic nitrogens is 3. The lowest BCUT2D eigenvalue weighted by atomic mass is 10.2. The molecule has 96 valence electrons. The van der Waals surface area contributed by atoms with Gasteiger partial charge in [0, 0.05) is 15.5 Å². The molecule has 0 saturated heterocycles. The molecule has 3 aromatic rings. The standard InChI is InChI=1S/C14H13IN4/c1-9-2-3-10(7-17-9)8-19-13-5-4-11(15)6-12(13)18-14(19)16/h2-7H,8H2,1H3,(H2,16,18). The van der Waals surface area contributed by atoms with Crippen molar-refractivity contribution >= 4 is 39.6 Å². The Bertz CT molecular complexity index is 731. The van der Waals surface area contributed by atoms with Crippen LogP contribution in [0.15, 0.2) is 36.5 Å². The van der Waals surface area contributed by atoms with E-state index in [-0.39, 0.29) is 0 Å². The first-order chi connectivity index (χ1) is 9.13. The highest BCUT2D eigenvalue weighted by atomic mass is 127. The van der Waals surface area contributed by atoms with E-state index >= 15 is 0 Å². The molecule has 1 aromatic carbocycles. The van der Waals surface area contributed by atoms with Gasteiger partial charge in [0.15, 0.2) is 0 Å². The second-order valence-corrected chi connectivity index (χ2v) is 5.74. The number of nitrogens with two attached hydrogens (primary N) is 1. The minimum absolute atomic E-state index is 0.539. The van der Waals surface area contributed by atoms with Gasteiger partial charge in [0.1, 0.15) is 0 Å². The van der Waals surface area contributed by atoms with Crippen LogP contribution in [0.3, 0.4) is 0 Å². The average Bonchev–Trinajstić information content (AvgIpc) is 2.68. The largest absolute Gasteiger partial charge is 0.369 e. The first-order valence-electron chi connectivity index (χ1n) is 5.96. The number of benzene rings is 1. The number of hydrogen-bond donors (Lipinski definition) is 1. The van der Waals surface area contributed by atoms with E-state index in [1.54, 1.807) is 0 Å². The minimum atomic E-state index is 0.539. The van der Waals surface area contributed by atoms with E-state index in [2.05, 4.69) is 50.8 Å². The molecule has 0 spiro atoms. The summed E-state index contributed by atoms with van der Waals surface area (Å²) < 4.78 is 3.17. The van der Waals surface area contributed by atoms with Gasteiger partial charge in [-0.1, -0.05) is 6.07 Å². The van der Waals surface area contributed by atoms with Gasteiger partial charge in [-0.15, -0.1) is 0 Å². The van der Waals surface area contributed by atoms with Gasteiger partial charge in [-0.2, -0.15) is 0 Å². The number of aryl methyl sites for hydroxylation is 1. The Kier molecular flexibility index (Phi) is 3.14. The maximum Gasteiger partial charge on any atom is 0.201 e. The van der Waals surface area contributed by atoms with Crippen LogP contribution in [0.5, 0.6) is 0 Å². The van der Waals surface area contributed by atoms with Crippen molar-refractivity contribution in [2.75, 3.05) is 5.73 Å². The van der Waals surface area contributed by atoms with Crippen molar-refractivity contribution in [1.82, 2.24) is 14.5 Å². The summed E-state index contributed by atoms with van der Waals surface area (Å²) >= 11 is 2.28. The SMILES string of the molecule is Cc1ccc(Cn2c(N)nc3cc(I)ccc32)cn1. The van der Waals surface area contributed by atoms with Crippen LogP contribution in [0, 0.1) is 10.5 Å². The summed E-state index contributed by atoms with van der Waals surface area (Å²) in [6, 6.07) is 10.2. The van der Waals surface area contributed by atoms with E-state index in [9.17, 15) is 0 Å². The molecule has 0 atom stereocenters. The Hall–Kier alpha value is -1.63. The third-order valence-electron chi connectivity index (χ3n) is 3.05. The number of nitrogen functional groups attached to an aromatic ring is 1. The number of rotatable bonds is 2. The zero-order chi connectivity index (χ0) is 13.4. The van der Waals surface area contributed by atoms with Gasteiger partial charge < -0.3 is 10.3 Å². The summed E-state index contributed by atoms with van der Waals surface area (Å²) in [7, 11) is 0. The van der Waals surface area contributed by atoms with Crippen LogP contribution in [0.1, 0.15) is 11.3 Å². The van der Waals surface area contributed by atoms with Crippen LogP contribution in [0.4, 0.5) is 5.95 Å². The molecule has 0 aliphatic carbocycles. The summed E-state index contributed by atoms with van der Waals surface area (Å²) in [5, 5.41) is 0. The van der Waals surface area contributed by atoms with Crippen LogP contribution < -0.4 is 5.73 Å². The second-order valence-electron chi connectivity index (χ2n) is 4.50. The maximum atomic E-state index is 6.01. The zero-order valence-electron chi connectivity index (χ0n) is 10.5. The normalized spacial score (nSPS) is 11.1. The Balaban J connectivity index is 2.05. The molecule has 5 heteroatoms. The number of anilines is 1. The van der Waals surface area contributed by atoms with Crippen molar-refractivity contribution in [3.8, 4) is 0 Å². The number of imidazole rings is 1. The second kappa shape index (κ2) is 4.80. The molecule has 0 aliphatic heterocycles. The molecular weight excluding hydrogens is 351 g/mol. The van der Waals surface area contributed by atoms with Gasteiger partial charge in [0.2, 0.25) is 5.95 Å². The van der Waals surface area contributed by atoms with Crippen LogP contribution in [0.2, 0.25) is 0 Å². The summed E-state index contributed by atoms with van der Waals surface area (Å²) in [6.07, 6.45) is 1.88. The van der Waals surface area contributed by atoms with Crippen molar-refractivity contribution in [2.45, 2.75) is 13.5 Å². The van der Waals surface area contributed by atoms with Crippen molar-refractivity contribution < 1.29 is 0 Å². The van der Waals surface area contributed by atoms with Gasteiger partial charge in [0.25, 0.3) is 0 Å². The molecule has 4 nitrogen and oxygen atoms in total. The quantitative estimate of drug-likeness (QED) is 0.712. The van der Waals surface area contributed by atoms with Crippen molar-refractivity contribution in [3.05, 3.63) is 51.4 Å². The maximum absolute atomic E-state index is 6.01. The Morgan fingerprint density at radius 3 is 2.84 bits per heavy atom. The van der Waals surface area contributed by atoms with E-state index < -0.39 is 0 Å². The predicted octanol–water partition coefficient (Wildman–Crippen LogP) is 2.97. The number of hydrogen-bond acceptors (Lipinski definition) is 3. The minimum Gasteiger partial charge on any atom is -0.369 e. The van der Waals surface area contributed by atoms with Crippen LogP contribution >= 0.6 is 22.6 Å². The topological polar surface area (TPSA) is 56.7 Å². The highest BCUT2D eigenvalue weighted by Crippen LogP contribution is 2.21. The third-order valence-corrected chi connectivity index (χ3v) is 3.72. The van der Waals surface area contributed by atoms with Crippen molar-refractivity contribution in [3.63, 3.8) is 0 Å². The molecule has 2 heterocycles. The number of fused-ring (bicyclic) bond motifs is 1. The molecule has 3 rings (SSSR count). The fourth-order valence-electron chi connectivity index (χ4n) is 2.06. The molecule has 0 amide bonds. The fraction of sp³-hybridized carbons (Fsp3) is 0.143. The molecule has 19 heavy (non-hydrogen) atoms. The van der Waals surface area contributed by atoms with Crippen molar-refractivity contribution in [1.29, 1.82) is 0 Å². The molecule has 0 unspecified atom stereocenters. The van der Waals surface area contributed by atoms with E-state index in [0.717, 1.165) is 25.9 Å². The lowest BCUT2D eigenvalue weighted by Crippen LogP contribution is -2.04. The van der Waals surface area contributed by atoms with Gasteiger partial charge in [-0.25, -0.2) is 4.98 Å². The zero-order valence-corrected chi connectivity index (χ0v) is 12.6. The molecule has 0 saturated carbocycles. The molecule has 0 bridgehead atoms. The summed E-state index contributed by atoms with van der Waals surface area (Å²) in [5.74, 6) is 0.539. The molecule has 0 fully saturated rings. The van der Waals surface area contributed by atoms with Gasteiger partial charge in [-0.05, 0) is 59.3 Å². The summed E-state index contributed by atoms with van der Waals surface area (Å²) in [6.45, 7) is 2.67. The first-order valence-corrected chi connectivity index (χ1v) is 7.04. The van der Waals surface area contributed by atoms with E-state index in [1.165, 1.54) is 0 Å². The molecule has 0 aliphatic rings. The smallest absolute Gasteiger partial charge is 0.201 e. The predicted molar refractivity (Wildman–Crippen MR) is 84.9 cm³/mol. The van der Waals surface area contributed by atoms with Gasteiger partial charge in [0.05, 0.1) is 17.6 Å². The Morgan fingerprint density at radius 1 is 1.26 bits per heavy atom. The van der Waals surface area contributed by atoms with E-state index in [1.807, 2.05) is 29.8 Å². The lowest BCUT2D eigenvalue weighted by Gasteiger charge is -2.06. The van der Waals surface area contributed by atoms with Gasteiger partial charge in [-0.3, -0.25) is 4.98 Å². The van der Waals surface area contributed by atoms with E-state index in [4.69, 9.17) is 5.73 Å². The molecule has 2 aromatic heterocycles. The van der Waals surface area contributed by atoms with Crippen molar-refractivity contribution in [2.24, 2.45) is 0 Å². The molecule has 0 radical (unpaired) electrons. The Labute approximate surface area is 124 Å². The van der Waals surface area contributed by atoms with Gasteiger partial charge >= 0.3 is 0 Å². The van der Waals surface area contributed by atoms with Crippen LogP contribution in [-0.4, -0.2) is 14.5 Å². The van der Waals surface area contributed by atoms with E-state index in [0.29, 0.717) is 12.5 Å². The fourth-order valence-corrected chi connectivity index (χ4v) is 2.54. The van der Waals surface area contributed by atoms with Crippen LogP contribution in [-0.2, 0) is 6.54 Å². The number of pyridine rings is 1. The summed E-state index contributed by atoms with van der Waals surface area (Å²) in [4.78, 5) is 8.71. The molecular formula is C14H13IN4. The third kappa shape index (κ3) is 2.42. The van der Waals surface area contributed by atoms with Crippen LogP contribution in [0.25, 0.3) is 11.0 Å².